The van der Waals surface area contributed by atoms with E-state index in [1.165, 1.54) is 4.90 Å². The van der Waals surface area contributed by atoms with E-state index >= 15 is 0 Å². The molecule has 0 amide bonds. The van der Waals surface area contributed by atoms with Crippen molar-refractivity contribution in [2.45, 2.75) is 19.1 Å². The lowest BCUT2D eigenvalue weighted by Crippen LogP contribution is -2.33. The summed E-state index contributed by atoms with van der Waals surface area (Å²) >= 11 is 12.1. The molecule has 0 aliphatic carbocycles. The third-order valence-corrected chi connectivity index (χ3v) is 4.28. The zero-order chi connectivity index (χ0) is 15.5. The zero-order valence-electron chi connectivity index (χ0n) is 11.4. The minimum atomic E-state index is -4.12. The predicted molar refractivity (Wildman–Crippen MR) is 78.8 cm³/mol. The highest BCUT2D eigenvalue weighted by molar-refractivity contribution is 6.35. The van der Waals surface area contributed by atoms with Crippen molar-refractivity contribution in [1.29, 1.82) is 0 Å². The van der Waals surface area contributed by atoms with Gasteiger partial charge in [-0.3, -0.25) is 4.90 Å². The van der Waals surface area contributed by atoms with Crippen LogP contribution in [0.25, 0.3) is 0 Å². The Kier molecular flexibility index (Phi) is 5.77. The number of nitrogens with zero attached hydrogens (tertiary/aromatic N) is 1. The van der Waals surface area contributed by atoms with Crippen molar-refractivity contribution in [1.82, 2.24) is 10.2 Å². The highest BCUT2D eigenvalue weighted by Crippen LogP contribution is 2.25. The van der Waals surface area contributed by atoms with Crippen LogP contribution in [0.2, 0.25) is 10.0 Å². The summed E-state index contributed by atoms with van der Waals surface area (Å²) in [7, 11) is 0. The first-order valence-corrected chi connectivity index (χ1v) is 7.53. The molecule has 1 aromatic rings. The summed E-state index contributed by atoms with van der Waals surface area (Å²) in [5.41, 5.74) is 0.825. The van der Waals surface area contributed by atoms with Crippen LogP contribution in [-0.2, 0) is 6.54 Å². The van der Waals surface area contributed by atoms with Gasteiger partial charge in [0, 0.05) is 28.7 Å². The first kappa shape index (κ1) is 16.9. The van der Waals surface area contributed by atoms with E-state index in [2.05, 4.69) is 5.32 Å². The number of benzene rings is 1. The molecule has 1 fully saturated rings. The number of alkyl halides is 3. The monoisotopic (exact) mass is 340 g/mol. The van der Waals surface area contributed by atoms with Crippen molar-refractivity contribution in [3.05, 3.63) is 33.8 Å². The predicted octanol–water partition coefficient (Wildman–Crippen LogP) is 3.97. The van der Waals surface area contributed by atoms with Crippen LogP contribution in [0.15, 0.2) is 18.2 Å². The van der Waals surface area contributed by atoms with Gasteiger partial charge in [-0.15, -0.1) is 0 Å². The van der Waals surface area contributed by atoms with E-state index in [9.17, 15) is 13.2 Å². The minimum Gasteiger partial charge on any atom is -0.312 e. The molecule has 0 aromatic heterocycles. The fourth-order valence-electron chi connectivity index (χ4n) is 2.58. The molecule has 118 valence electrons. The maximum absolute atomic E-state index is 12.3. The van der Waals surface area contributed by atoms with Gasteiger partial charge in [-0.25, -0.2) is 0 Å². The average molecular weight is 341 g/mol. The van der Waals surface area contributed by atoms with Crippen LogP contribution < -0.4 is 5.32 Å². The quantitative estimate of drug-likeness (QED) is 0.872. The third kappa shape index (κ3) is 5.33. The van der Waals surface area contributed by atoms with E-state index in [0.29, 0.717) is 36.2 Å². The molecule has 1 aromatic carbocycles. The van der Waals surface area contributed by atoms with Crippen LogP contribution in [0.4, 0.5) is 13.2 Å². The molecule has 1 atom stereocenters. The third-order valence-electron chi connectivity index (χ3n) is 3.57. The van der Waals surface area contributed by atoms with Crippen molar-refractivity contribution in [3.8, 4) is 0 Å². The molecule has 0 bridgehead atoms. The van der Waals surface area contributed by atoms with Crippen LogP contribution in [0, 0.1) is 5.92 Å². The summed E-state index contributed by atoms with van der Waals surface area (Å²) in [5, 5.41) is 4.43. The summed E-state index contributed by atoms with van der Waals surface area (Å²) in [5.74, 6) is 0.230. The lowest BCUT2D eigenvalue weighted by Gasteiger charge is -2.18. The zero-order valence-corrected chi connectivity index (χ0v) is 12.9. The van der Waals surface area contributed by atoms with Crippen LogP contribution in [-0.4, -0.2) is 37.3 Å². The van der Waals surface area contributed by atoms with Crippen molar-refractivity contribution in [3.63, 3.8) is 0 Å². The molecule has 0 saturated carbocycles. The number of hydrogen-bond donors (Lipinski definition) is 1. The lowest BCUT2D eigenvalue weighted by molar-refractivity contribution is -0.143. The highest BCUT2D eigenvalue weighted by atomic mass is 35.5. The molecule has 1 unspecified atom stereocenters. The SMILES string of the molecule is FC(F)(F)CN1CCC(CNCc2c(Cl)cccc2Cl)C1. The van der Waals surface area contributed by atoms with Crippen molar-refractivity contribution in [2.24, 2.45) is 5.92 Å². The Morgan fingerprint density at radius 1 is 1.24 bits per heavy atom. The van der Waals surface area contributed by atoms with E-state index in [1.54, 1.807) is 18.2 Å². The summed E-state index contributed by atoms with van der Waals surface area (Å²) in [6, 6.07) is 5.32. The average Bonchev–Trinajstić information content (AvgIpc) is 2.78. The van der Waals surface area contributed by atoms with Gasteiger partial charge in [-0.05, 0) is 37.6 Å². The number of rotatable bonds is 5. The summed E-state index contributed by atoms with van der Waals surface area (Å²) in [4.78, 5) is 1.45. The van der Waals surface area contributed by atoms with Crippen LogP contribution in [0.1, 0.15) is 12.0 Å². The molecule has 0 radical (unpaired) electrons. The molecule has 1 heterocycles. The molecular formula is C14H17Cl2F3N2. The molecule has 1 aliphatic heterocycles. The molecule has 0 spiro atoms. The number of hydrogen-bond acceptors (Lipinski definition) is 2. The molecular weight excluding hydrogens is 324 g/mol. The van der Waals surface area contributed by atoms with E-state index in [-0.39, 0.29) is 5.92 Å². The molecule has 2 rings (SSSR count). The second-order valence-corrected chi connectivity index (χ2v) is 6.15. The van der Waals surface area contributed by atoms with Gasteiger partial charge in [-0.1, -0.05) is 29.3 Å². The number of nitrogens with one attached hydrogen (secondary N) is 1. The Hall–Kier alpha value is -0.490. The van der Waals surface area contributed by atoms with Gasteiger partial charge in [0.2, 0.25) is 0 Å². The Balaban J connectivity index is 1.75. The van der Waals surface area contributed by atoms with Crippen LogP contribution in [0.5, 0.6) is 0 Å². The number of halogens is 5. The summed E-state index contributed by atoms with van der Waals surface area (Å²) in [6.45, 7) is 1.34. The van der Waals surface area contributed by atoms with Gasteiger partial charge >= 0.3 is 6.18 Å². The largest absolute Gasteiger partial charge is 0.401 e. The molecule has 7 heteroatoms. The maximum atomic E-state index is 12.3. The summed E-state index contributed by atoms with van der Waals surface area (Å²) < 4.78 is 36.9. The Bertz CT molecular complexity index is 460. The van der Waals surface area contributed by atoms with Gasteiger partial charge in [0.1, 0.15) is 0 Å². The smallest absolute Gasteiger partial charge is 0.312 e. The van der Waals surface area contributed by atoms with Crippen molar-refractivity contribution >= 4 is 23.2 Å². The Morgan fingerprint density at radius 3 is 2.52 bits per heavy atom. The van der Waals surface area contributed by atoms with Crippen molar-refractivity contribution < 1.29 is 13.2 Å². The summed E-state index contributed by atoms with van der Waals surface area (Å²) in [6.07, 6.45) is -3.34. The van der Waals surface area contributed by atoms with Crippen molar-refractivity contribution in [2.75, 3.05) is 26.2 Å². The van der Waals surface area contributed by atoms with Crippen LogP contribution >= 0.6 is 23.2 Å². The van der Waals surface area contributed by atoms with E-state index in [1.807, 2.05) is 0 Å². The second kappa shape index (κ2) is 7.18. The molecule has 1 N–H and O–H groups in total. The van der Waals surface area contributed by atoms with Gasteiger partial charge in [0.05, 0.1) is 6.54 Å². The van der Waals surface area contributed by atoms with Gasteiger partial charge in [0.15, 0.2) is 0 Å². The van der Waals surface area contributed by atoms with Gasteiger partial charge < -0.3 is 5.32 Å². The maximum Gasteiger partial charge on any atom is 0.401 e. The molecule has 1 aliphatic rings. The van der Waals surface area contributed by atoms with Crippen LogP contribution in [0.3, 0.4) is 0 Å². The second-order valence-electron chi connectivity index (χ2n) is 5.34. The first-order chi connectivity index (χ1) is 9.85. The number of likely N-dealkylation sites (tertiary alicyclic amines) is 1. The standard InChI is InChI=1S/C14H17Cl2F3N2/c15-12-2-1-3-13(16)11(12)7-20-6-10-4-5-21(8-10)9-14(17,18)19/h1-3,10,20H,4-9H2. The molecule has 1 saturated heterocycles. The topological polar surface area (TPSA) is 15.3 Å². The first-order valence-electron chi connectivity index (χ1n) is 6.78. The van der Waals surface area contributed by atoms with E-state index < -0.39 is 12.7 Å². The van der Waals surface area contributed by atoms with Gasteiger partial charge in [0.25, 0.3) is 0 Å². The van der Waals surface area contributed by atoms with Gasteiger partial charge in [-0.2, -0.15) is 13.2 Å². The Labute approximate surface area is 132 Å². The van der Waals surface area contributed by atoms with E-state index in [4.69, 9.17) is 23.2 Å². The minimum absolute atomic E-state index is 0.230. The van der Waals surface area contributed by atoms with E-state index in [0.717, 1.165) is 12.0 Å². The Morgan fingerprint density at radius 2 is 1.90 bits per heavy atom. The normalized spacial score (nSPS) is 20.1. The molecule has 2 nitrogen and oxygen atoms in total. The fourth-order valence-corrected chi connectivity index (χ4v) is 3.11. The fraction of sp³-hybridized carbons (Fsp3) is 0.571. The lowest BCUT2D eigenvalue weighted by atomic mass is 10.1. The molecule has 21 heavy (non-hydrogen) atoms. The highest BCUT2D eigenvalue weighted by Gasteiger charge is 2.34.